The summed E-state index contributed by atoms with van der Waals surface area (Å²) in [5.41, 5.74) is 1.32. The van der Waals surface area contributed by atoms with Crippen LogP contribution in [0.15, 0.2) is 23.1 Å². The first-order valence-corrected chi connectivity index (χ1v) is 8.27. The smallest absolute Gasteiger partial charge is 0.261 e. The van der Waals surface area contributed by atoms with Crippen LogP contribution in [0, 0.1) is 18.8 Å². The number of rotatable bonds is 2. The Balaban J connectivity index is 1.90. The van der Waals surface area contributed by atoms with Gasteiger partial charge in [-0.05, 0) is 37.3 Å². The molecule has 2 aromatic heterocycles. The van der Waals surface area contributed by atoms with Gasteiger partial charge in [-0.1, -0.05) is 26.7 Å². The molecule has 1 fully saturated rings. The van der Waals surface area contributed by atoms with Gasteiger partial charge in [0.15, 0.2) is 0 Å². The highest BCUT2D eigenvalue weighted by molar-refractivity contribution is 5.97. The van der Waals surface area contributed by atoms with Crippen molar-refractivity contribution >= 4 is 16.8 Å². The number of aromatic nitrogens is 2. The predicted molar refractivity (Wildman–Crippen MR) is 90.5 cm³/mol. The van der Waals surface area contributed by atoms with Gasteiger partial charge in [0.2, 0.25) is 0 Å². The molecule has 3 atom stereocenters. The molecule has 2 N–H and O–H groups in total. The topological polar surface area (TPSA) is 74.8 Å². The van der Waals surface area contributed by atoms with Crippen LogP contribution in [0.5, 0.6) is 0 Å². The molecule has 1 aliphatic rings. The largest absolute Gasteiger partial charge is 0.349 e. The molecule has 0 spiro atoms. The number of nitrogens with zero attached hydrogens (tertiary/aromatic N) is 1. The van der Waals surface area contributed by atoms with Crippen molar-refractivity contribution in [2.24, 2.45) is 11.8 Å². The summed E-state index contributed by atoms with van der Waals surface area (Å²) in [6.07, 6.45) is 4.95. The monoisotopic (exact) mass is 313 g/mol. The summed E-state index contributed by atoms with van der Waals surface area (Å²) in [6.45, 7) is 6.27. The van der Waals surface area contributed by atoms with E-state index in [1.165, 1.54) is 6.42 Å². The molecular formula is C18H23N3O2. The molecule has 2 heterocycles. The Morgan fingerprint density at radius 3 is 2.91 bits per heavy atom. The molecule has 5 nitrogen and oxygen atoms in total. The lowest BCUT2D eigenvalue weighted by molar-refractivity contribution is 0.0889. The summed E-state index contributed by atoms with van der Waals surface area (Å²) in [5.74, 6) is 0.730. The van der Waals surface area contributed by atoms with Crippen LogP contribution < -0.4 is 10.9 Å². The zero-order valence-electron chi connectivity index (χ0n) is 13.8. The van der Waals surface area contributed by atoms with Crippen LogP contribution in [0.1, 0.15) is 49.2 Å². The summed E-state index contributed by atoms with van der Waals surface area (Å²) >= 11 is 0. The molecule has 0 radical (unpaired) electrons. The molecule has 1 saturated carbocycles. The van der Waals surface area contributed by atoms with Gasteiger partial charge in [0, 0.05) is 23.3 Å². The van der Waals surface area contributed by atoms with E-state index in [-0.39, 0.29) is 23.1 Å². The van der Waals surface area contributed by atoms with Crippen molar-refractivity contribution < 1.29 is 4.79 Å². The minimum atomic E-state index is -0.350. The molecule has 3 unspecified atom stereocenters. The zero-order valence-corrected chi connectivity index (χ0v) is 13.8. The van der Waals surface area contributed by atoms with Gasteiger partial charge < -0.3 is 10.3 Å². The van der Waals surface area contributed by atoms with Crippen LogP contribution in [0.4, 0.5) is 0 Å². The number of carbonyl (C=O) groups excluding carboxylic acids is 1. The second kappa shape index (κ2) is 6.14. The lowest BCUT2D eigenvalue weighted by Gasteiger charge is -2.34. The van der Waals surface area contributed by atoms with E-state index >= 15 is 0 Å². The van der Waals surface area contributed by atoms with Crippen LogP contribution in [-0.4, -0.2) is 21.9 Å². The van der Waals surface area contributed by atoms with Gasteiger partial charge in [0.25, 0.3) is 11.5 Å². The highest BCUT2D eigenvalue weighted by atomic mass is 16.2. The van der Waals surface area contributed by atoms with E-state index in [1.54, 1.807) is 18.3 Å². The zero-order chi connectivity index (χ0) is 16.6. The molecule has 0 aliphatic heterocycles. The highest BCUT2D eigenvalue weighted by Crippen LogP contribution is 2.29. The van der Waals surface area contributed by atoms with E-state index in [1.807, 2.05) is 6.92 Å². The third-order valence-corrected chi connectivity index (χ3v) is 5.24. The first-order valence-electron chi connectivity index (χ1n) is 8.27. The van der Waals surface area contributed by atoms with Crippen molar-refractivity contribution in [1.82, 2.24) is 15.3 Å². The average molecular weight is 313 g/mol. The van der Waals surface area contributed by atoms with Crippen molar-refractivity contribution in [3.8, 4) is 0 Å². The lowest BCUT2D eigenvalue weighted by Crippen LogP contribution is -2.45. The molecule has 0 saturated heterocycles. The van der Waals surface area contributed by atoms with E-state index in [4.69, 9.17) is 0 Å². The highest BCUT2D eigenvalue weighted by Gasteiger charge is 2.29. The molecule has 5 heteroatoms. The van der Waals surface area contributed by atoms with Gasteiger partial charge in [0.05, 0.1) is 5.52 Å². The molecule has 122 valence electrons. The van der Waals surface area contributed by atoms with Crippen LogP contribution in [0.2, 0.25) is 0 Å². The SMILES string of the molecule is Cc1nccc2[nH]c(=O)c(C(=O)NC3CCCC(C)C3C)cc12. The number of carbonyl (C=O) groups is 1. The van der Waals surface area contributed by atoms with Gasteiger partial charge in [-0.15, -0.1) is 0 Å². The second-order valence-electron chi connectivity index (χ2n) is 6.72. The van der Waals surface area contributed by atoms with Crippen LogP contribution in [0.3, 0.4) is 0 Å². The van der Waals surface area contributed by atoms with Crippen molar-refractivity contribution in [2.45, 2.75) is 46.1 Å². The fraction of sp³-hybridized carbons (Fsp3) is 0.500. The summed E-state index contributed by atoms with van der Waals surface area (Å²) in [7, 11) is 0. The number of amides is 1. The fourth-order valence-electron chi connectivity index (χ4n) is 3.47. The Kier molecular flexibility index (Phi) is 4.20. The third kappa shape index (κ3) is 3.00. The van der Waals surface area contributed by atoms with E-state index < -0.39 is 0 Å². The number of aromatic amines is 1. The maximum absolute atomic E-state index is 12.6. The number of fused-ring (bicyclic) bond motifs is 1. The summed E-state index contributed by atoms with van der Waals surface area (Å²) in [4.78, 5) is 31.8. The number of hydrogen-bond donors (Lipinski definition) is 2. The number of H-pyrrole nitrogens is 1. The first kappa shape index (κ1) is 15.7. The molecule has 0 aromatic carbocycles. The third-order valence-electron chi connectivity index (χ3n) is 5.24. The maximum Gasteiger partial charge on any atom is 0.261 e. The number of aryl methyl sites for hydroxylation is 1. The van der Waals surface area contributed by atoms with Crippen molar-refractivity contribution in [3.63, 3.8) is 0 Å². The normalized spacial score (nSPS) is 24.6. The van der Waals surface area contributed by atoms with Gasteiger partial charge in [-0.2, -0.15) is 0 Å². The number of pyridine rings is 2. The molecule has 1 amide bonds. The van der Waals surface area contributed by atoms with Gasteiger partial charge >= 0.3 is 0 Å². The molecule has 2 aromatic rings. The first-order chi connectivity index (χ1) is 11.0. The standard InChI is InChI=1S/C18H23N3O2/c1-10-5-4-6-15(11(10)2)20-17(22)14-9-13-12(3)19-8-7-16(13)21-18(14)23/h7-11,15H,4-6H2,1-3H3,(H,20,22)(H,21,23). The average Bonchev–Trinajstić information content (AvgIpc) is 2.51. The Hall–Kier alpha value is -2.17. The van der Waals surface area contributed by atoms with Crippen LogP contribution in [0.25, 0.3) is 10.9 Å². The minimum Gasteiger partial charge on any atom is -0.349 e. The van der Waals surface area contributed by atoms with Crippen LogP contribution >= 0.6 is 0 Å². The molecular weight excluding hydrogens is 290 g/mol. The fourth-order valence-corrected chi connectivity index (χ4v) is 3.47. The summed E-state index contributed by atoms with van der Waals surface area (Å²) in [5, 5.41) is 3.87. The van der Waals surface area contributed by atoms with Crippen molar-refractivity contribution in [3.05, 3.63) is 39.9 Å². The van der Waals surface area contributed by atoms with E-state index in [0.29, 0.717) is 17.4 Å². The van der Waals surface area contributed by atoms with Crippen molar-refractivity contribution in [1.29, 1.82) is 0 Å². The van der Waals surface area contributed by atoms with E-state index in [2.05, 4.69) is 29.1 Å². The van der Waals surface area contributed by atoms with Gasteiger partial charge in [-0.3, -0.25) is 14.6 Å². The Labute approximate surface area is 135 Å². The summed E-state index contributed by atoms with van der Waals surface area (Å²) in [6, 6.07) is 3.54. The summed E-state index contributed by atoms with van der Waals surface area (Å²) < 4.78 is 0. The van der Waals surface area contributed by atoms with E-state index in [9.17, 15) is 9.59 Å². The quantitative estimate of drug-likeness (QED) is 0.895. The minimum absolute atomic E-state index is 0.136. The second-order valence-corrected chi connectivity index (χ2v) is 6.72. The Morgan fingerprint density at radius 2 is 2.13 bits per heavy atom. The Morgan fingerprint density at radius 1 is 1.35 bits per heavy atom. The van der Waals surface area contributed by atoms with Gasteiger partial charge in [0.1, 0.15) is 5.56 Å². The number of hydrogen-bond acceptors (Lipinski definition) is 3. The Bertz CT molecular complexity index is 796. The lowest BCUT2D eigenvalue weighted by atomic mass is 9.78. The van der Waals surface area contributed by atoms with Gasteiger partial charge in [-0.25, -0.2) is 0 Å². The van der Waals surface area contributed by atoms with Crippen LogP contribution in [-0.2, 0) is 0 Å². The predicted octanol–water partition coefficient (Wildman–Crippen LogP) is 2.79. The van der Waals surface area contributed by atoms with Crippen molar-refractivity contribution in [2.75, 3.05) is 0 Å². The number of nitrogens with one attached hydrogen (secondary N) is 2. The van der Waals surface area contributed by atoms with E-state index in [0.717, 1.165) is 23.9 Å². The molecule has 23 heavy (non-hydrogen) atoms. The molecule has 3 rings (SSSR count). The maximum atomic E-state index is 12.6. The molecule has 0 bridgehead atoms. The molecule has 1 aliphatic carbocycles.